The van der Waals surface area contributed by atoms with E-state index in [4.69, 9.17) is 16.3 Å². The van der Waals surface area contributed by atoms with Crippen LogP contribution in [0.15, 0.2) is 48.5 Å². The SMILES string of the molecule is Cc1cc(OCC(=O)Nc2ccc3c4c(cccc24)CC3)ccc1Cl. The van der Waals surface area contributed by atoms with Crippen molar-refractivity contribution < 1.29 is 9.53 Å². The van der Waals surface area contributed by atoms with Crippen LogP contribution in [0.2, 0.25) is 5.02 Å². The van der Waals surface area contributed by atoms with E-state index in [0.717, 1.165) is 29.5 Å². The topological polar surface area (TPSA) is 38.3 Å². The third kappa shape index (κ3) is 3.08. The lowest BCUT2D eigenvalue weighted by molar-refractivity contribution is -0.118. The molecule has 0 fully saturated rings. The van der Waals surface area contributed by atoms with Crippen LogP contribution >= 0.6 is 11.6 Å². The van der Waals surface area contributed by atoms with Crippen LogP contribution in [0.25, 0.3) is 10.8 Å². The quantitative estimate of drug-likeness (QED) is 0.724. The lowest BCUT2D eigenvalue weighted by Gasteiger charge is -2.12. The number of hydrogen-bond donors (Lipinski definition) is 1. The highest BCUT2D eigenvalue weighted by Crippen LogP contribution is 2.35. The van der Waals surface area contributed by atoms with Crippen LogP contribution in [0.3, 0.4) is 0 Å². The molecule has 1 aliphatic rings. The summed E-state index contributed by atoms with van der Waals surface area (Å²) in [5, 5.41) is 6.05. The van der Waals surface area contributed by atoms with Gasteiger partial charge in [0.15, 0.2) is 6.61 Å². The summed E-state index contributed by atoms with van der Waals surface area (Å²) >= 11 is 6.00. The van der Waals surface area contributed by atoms with Crippen molar-refractivity contribution in [1.82, 2.24) is 0 Å². The largest absolute Gasteiger partial charge is 0.484 e. The highest BCUT2D eigenvalue weighted by Gasteiger charge is 2.16. The van der Waals surface area contributed by atoms with Gasteiger partial charge in [-0.3, -0.25) is 4.79 Å². The molecule has 3 nitrogen and oxygen atoms in total. The van der Waals surface area contributed by atoms with E-state index in [-0.39, 0.29) is 12.5 Å². The fourth-order valence-electron chi connectivity index (χ4n) is 3.40. The molecule has 4 heteroatoms. The summed E-state index contributed by atoms with van der Waals surface area (Å²) in [5.41, 5.74) is 4.48. The number of hydrogen-bond acceptors (Lipinski definition) is 2. The van der Waals surface area contributed by atoms with Gasteiger partial charge in [0.25, 0.3) is 5.91 Å². The van der Waals surface area contributed by atoms with Crippen molar-refractivity contribution in [3.05, 3.63) is 70.2 Å². The Morgan fingerprint density at radius 3 is 2.72 bits per heavy atom. The maximum absolute atomic E-state index is 12.3. The zero-order valence-electron chi connectivity index (χ0n) is 13.9. The minimum Gasteiger partial charge on any atom is -0.484 e. The van der Waals surface area contributed by atoms with Crippen LogP contribution in [0.4, 0.5) is 5.69 Å². The van der Waals surface area contributed by atoms with Crippen molar-refractivity contribution in [2.75, 3.05) is 11.9 Å². The minimum absolute atomic E-state index is 0.0377. The third-order valence-electron chi connectivity index (χ3n) is 4.65. The first-order chi connectivity index (χ1) is 12.1. The summed E-state index contributed by atoms with van der Waals surface area (Å²) in [6.45, 7) is 1.87. The van der Waals surface area contributed by atoms with Crippen molar-refractivity contribution in [2.45, 2.75) is 19.8 Å². The van der Waals surface area contributed by atoms with Crippen LogP contribution in [-0.2, 0) is 17.6 Å². The first-order valence-electron chi connectivity index (χ1n) is 8.34. The Morgan fingerprint density at radius 2 is 1.92 bits per heavy atom. The summed E-state index contributed by atoms with van der Waals surface area (Å²) in [6, 6.07) is 15.7. The molecule has 0 unspecified atom stereocenters. The van der Waals surface area contributed by atoms with Gasteiger partial charge in [-0.05, 0) is 66.1 Å². The van der Waals surface area contributed by atoms with Crippen molar-refractivity contribution in [3.63, 3.8) is 0 Å². The van der Waals surface area contributed by atoms with Crippen molar-refractivity contribution in [2.24, 2.45) is 0 Å². The van der Waals surface area contributed by atoms with Crippen LogP contribution in [0, 0.1) is 6.92 Å². The molecule has 1 N–H and O–H groups in total. The fraction of sp³-hybridized carbons (Fsp3) is 0.190. The van der Waals surface area contributed by atoms with Crippen molar-refractivity contribution in [1.29, 1.82) is 0 Å². The number of benzene rings is 3. The molecule has 0 aliphatic heterocycles. The zero-order chi connectivity index (χ0) is 17.4. The Bertz CT molecular complexity index is 971. The summed E-state index contributed by atoms with van der Waals surface area (Å²) in [6.07, 6.45) is 2.15. The van der Waals surface area contributed by atoms with E-state index in [1.807, 2.05) is 19.1 Å². The van der Waals surface area contributed by atoms with E-state index in [9.17, 15) is 4.79 Å². The molecule has 4 rings (SSSR count). The predicted octanol–water partition coefficient (Wildman–Crippen LogP) is 4.92. The Kier molecular flexibility index (Phi) is 4.10. The zero-order valence-corrected chi connectivity index (χ0v) is 14.7. The van der Waals surface area contributed by atoms with E-state index in [0.29, 0.717) is 10.8 Å². The number of nitrogens with one attached hydrogen (secondary N) is 1. The van der Waals surface area contributed by atoms with Gasteiger partial charge in [0.2, 0.25) is 0 Å². The van der Waals surface area contributed by atoms with Gasteiger partial charge in [0.05, 0.1) is 0 Å². The molecule has 126 valence electrons. The fourth-order valence-corrected chi connectivity index (χ4v) is 3.52. The predicted molar refractivity (Wildman–Crippen MR) is 102 cm³/mol. The molecule has 0 spiro atoms. The smallest absolute Gasteiger partial charge is 0.262 e. The van der Waals surface area contributed by atoms with E-state index in [2.05, 4.69) is 29.6 Å². The third-order valence-corrected chi connectivity index (χ3v) is 5.07. The maximum Gasteiger partial charge on any atom is 0.262 e. The van der Waals surface area contributed by atoms with Crippen LogP contribution in [-0.4, -0.2) is 12.5 Å². The van der Waals surface area contributed by atoms with Gasteiger partial charge in [-0.25, -0.2) is 0 Å². The second kappa shape index (κ2) is 6.41. The molecule has 0 radical (unpaired) electrons. The van der Waals surface area contributed by atoms with E-state index in [1.54, 1.807) is 12.1 Å². The molecule has 0 aromatic heterocycles. The average Bonchev–Trinajstić information content (AvgIpc) is 3.03. The van der Waals surface area contributed by atoms with E-state index >= 15 is 0 Å². The van der Waals surface area contributed by atoms with Crippen LogP contribution < -0.4 is 10.1 Å². The van der Waals surface area contributed by atoms with Gasteiger partial charge < -0.3 is 10.1 Å². The second-order valence-corrected chi connectivity index (χ2v) is 6.77. The Balaban J connectivity index is 1.50. The minimum atomic E-state index is -0.175. The molecular formula is C21H18ClNO2. The number of anilines is 1. The normalized spacial score (nSPS) is 12.4. The molecule has 0 bridgehead atoms. The summed E-state index contributed by atoms with van der Waals surface area (Å²) < 4.78 is 5.58. The van der Waals surface area contributed by atoms with Gasteiger partial charge in [-0.15, -0.1) is 0 Å². The molecular weight excluding hydrogens is 334 g/mol. The van der Waals surface area contributed by atoms with E-state index < -0.39 is 0 Å². The molecule has 0 atom stereocenters. The molecule has 0 saturated carbocycles. The van der Waals surface area contributed by atoms with E-state index in [1.165, 1.54) is 16.5 Å². The summed E-state index contributed by atoms with van der Waals surface area (Å²) in [4.78, 5) is 12.3. The molecule has 1 aliphatic carbocycles. The molecule has 25 heavy (non-hydrogen) atoms. The summed E-state index contributed by atoms with van der Waals surface area (Å²) in [5.74, 6) is 0.462. The van der Waals surface area contributed by atoms with Gasteiger partial charge in [0, 0.05) is 16.1 Å². The lowest BCUT2D eigenvalue weighted by Crippen LogP contribution is -2.20. The summed E-state index contributed by atoms with van der Waals surface area (Å²) in [7, 11) is 0. The molecule has 3 aromatic carbocycles. The number of aryl methyl sites for hydroxylation is 3. The number of amides is 1. The van der Waals surface area contributed by atoms with Crippen molar-refractivity contribution >= 4 is 34.0 Å². The van der Waals surface area contributed by atoms with Gasteiger partial charge in [-0.1, -0.05) is 35.9 Å². The van der Waals surface area contributed by atoms with Gasteiger partial charge in [0.1, 0.15) is 5.75 Å². The standard InChI is InChI=1S/C21H18ClNO2/c1-13-11-16(8-9-18(13)22)25-12-20(24)23-19-10-7-15-6-5-14-3-2-4-17(19)21(14)15/h2-4,7-11H,5-6,12H2,1H3,(H,23,24). The first-order valence-corrected chi connectivity index (χ1v) is 8.72. The number of rotatable bonds is 4. The highest BCUT2D eigenvalue weighted by atomic mass is 35.5. The molecule has 3 aromatic rings. The maximum atomic E-state index is 12.3. The highest BCUT2D eigenvalue weighted by molar-refractivity contribution is 6.31. The second-order valence-electron chi connectivity index (χ2n) is 6.36. The van der Waals surface area contributed by atoms with Crippen LogP contribution in [0.1, 0.15) is 16.7 Å². The molecule has 0 heterocycles. The van der Waals surface area contributed by atoms with Gasteiger partial charge >= 0.3 is 0 Å². The van der Waals surface area contributed by atoms with Gasteiger partial charge in [-0.2, -0.15) is 0 Å². The number of carbonyl (C=O) groups excluding carboxylic acids is 1. The average molecular weight is 352 g/mol. The molecule has 1 amide bonds. The molecule has 0 saturated heterocycles. The number of carbonyl (C=O) groups is 1. The Labute approximate surface area is 151 Å². The van der Waals surface area contributed by atoms with Crippen LogP contribution in [0.5, 0.6) is 5.75 Å². The Hall–Kier alpha value is -2.52. The number of ether oxygens (including phenoxy) is 1. The number of halogens is 1. The van der Waals surface area contributed by atoms with Crippen molar-refractivity contribution in [3.8, 4) is 5.75 Å². The monoisotopic (exact) mass is 351 g/mol. The first kappa shape index (κ1) is 16.0. The Morgan fingerprint density at radius 1 is 1.12 bits per heavy atom. The lowest BCUT2D eigenvalue weighted by atomic mass is 10.0.